The molecule has 0 heterocycles. The van der Waals surface area contributed by atoms with Crippen molar-refractivity contribution in [3.63, 3.8) is 0 Å². The summed E-state index contributed by atoms with van der Waals surface area (Å²) in [6.45, 7) is 5.07. The quantitative estimate of drug-likeness (QED) is 0.722. The van der Waals surface area contributed by atoms with E-state index < -0.39 is 6.10 Å². The van der Waals surface area contributed by atoms with Gasteiger partial charge in [-0.25, -0.2) is 4.79 Å². The van der Waals surface area contributed by atoms with E-state index in [1.165, 1.54) is 5.56 Å². The Balaban J connectivity index is 1.72. The highest BCUT2D eigenvalue weighted by Crippen LogP contribution is 2.47. The van der Waals surface area contributed by atoms with Gasteiger partial charge in [-0.15, -0.1) is 0 Å². The van der Waals surface area contributed by atoms with Gasteiger partial charge in [-0.3, -0.25) is 0 Å². The average molecular weight is 290 g/mol. The standard InChI is InChI=1S/C17H26N2O2/c1-13(2)10-15(20)11-18-16(21)19-12-17(8-9-17)14-6-4-3-5-7-14/h3-7,13,15,20H,8-12H2,1-2H3,(H2,18,19,21). The van der Waals surface area contributed by atoms with Crippen LogP contribution in [0.2, 0.25) is 0 Å². The number of benzene rings is 1. The summed E-state index contributed by atoms with van der Waals surface area (Å²) in [6.07, 6.45) is 2.47. The molecule has 0 aliphatic heterocycles. The van der Waals surface area contributed by atoms with E-state index in [0.29, 0.717) is 25.4 Å². The lowest BCUT2D eigenvalue weighted by Crippen LogP contribution is -2.42. The van der Waals surface area contributed by atoms with E-state index in [-0.39, 0.29) is 11.4 Å². The predicted molar refractivity (Wildman–Crippen MR) is 84.2 cm³/mol. The first kappa shape index (κ1) is 15.8. The van der Waals surface area contributed by atoms with Crippen molar-refractivity contribution in [2.45, 2.75) is 44.6 Å². The molecule has 2 rings (SSSR count). The Morgan fingerprint density at radius 3 is 2.48 bits per heavy atom. The average Bonchev–Trinajstić information content (AvgIpc) is 3.24. The van der Waals surface area contributed by atoms with Crippen LogP contribution in [0, 0.1) is 5.92 Å². The lowest BCUT2D eigenvalue weighted by molar-refractivity contribution is 0.146. The molecule has 116 valence electrons. The summed E-state index contributed by atoms with van der Waals surface area (Å²) < 4.78 is 0. The van der Waals surface area contributed by atoms with Crippen molar-refractivity contribution in [2.24, 2.45) is 5.92 Å². The summed E-state index contributed by atoms with van der Waals surface area (Å²) in [7, 11) is 0. The van der Waals surface area contributed by atoms with Crippen molar-refractivity contribution in [1.29, 1.82) is 0 Å². The van der Waals surface area contributed by atoms with Gasteiger partial charge in [0.15, 0.2) is 0 Å². The number of amides is 2. The number of aliphatic hydroxyl groups excluding tert-OH is 1. The Labute approximate surface area is 126 Å². The van der Waals surface area contributed by atoms with Gasteiger partial charge in [-0.1, -0.05) is 44.2 Å². The molecule has 1 atom stereocenters. The molecule has 2 amide bonds. The molecule has 21 heavy (non-hydrogen) atoms. The maximum absolute atomic E-state index is 11.8. The van der Waals surface area contributed by atoms with E-state index >= 15 is 0 Å². The fourth-order valence-electron chi connectivity index (χ4n) is 2.66. The summed E-state index contributed by atoms with van der Waals surface area (Å²) in [5.74, 6) is 0.428. The third-order valence-electron chi connectivity index (χ3n) is 4.07. The number of hydrogen-bond donors (Lipinski definition) is 3. The second-order valence-corrected chi connectivity index (χ2v) is 6.49. The molecule has 4 heteroatoms. The molecule has 1 unspecified atom stereocenters. The maximum atomic E-state index is 11.8. The second-order valence-electron chi connectivity index (χ2n) is 6.49. The molecule has 0 spiro atoms. The predicted octanol–water partition coefficient (Wildman–Crippen LogP) is 2.42. The van der Waals surface area contributed by atoms with Crippen LogP contribution in [0.25, 0.3) is 0 Å². The van der Waals surface area contributed by atoms with Crippen LogP contribution in [0.3, 0.4) is 0 Å². The van der Waals surface area contributed by atoms with Gasteiger partial charge in [0, 0.05) is 18.5 Å². The van der Waals surface area contributed by atoms with Gasteiger partial charge in [-0.05, 0) is 30.7 Å². The van der Waals surface area contributed by atoms with Gasteiger partial charge >= 0.3 is 6.03 Å². The topological polar surface area (TPSA) is 61.4 Å². The largest absolute Gasteiger partial charge is 0.391 e. The Kier molecular flexibility index (Phi) is 5.23. The van der Waals surface area contributed by atoms with E-state index in [0.717, 1.165) is 12.8 Å². The van der Waals surface area contributed by atoms with Gasteiger partial charge in [0.05, 0.1) is 6.10 Å². The molecule has 1 aromatic carbocycles. The van der Waals surface area contributed by atoms with Crippen LogP contribution in [0.15, 0.2) is 30.3 Å². The molecule has 1 fully saturated rings. The van der Waals surface area contributed by atoms with Gasteiger partial charge < -0.3 is 15.7 Å². The summed E-state index contributed by atoms with van der Waals surface area (Å²) in [5, 5.41) is 15.4. The van der Waals surface area contributed by atoms with Crippen molar-refractivity contribution in [3.8, 4) is 0 Å². The van der Waals surface area contributed by atoms with E-state index in [1.807, 2.05) is 18.2 Å². The zero-order valence-electron chi connectivity index (χ0n) is 12.9. The number of rotatable bonds is 7. The molecule has 3 N–H and O–H groups in total. The zero-order chi connectivity index (χ0) is 15.3. The third-order valence-corrected chi connectivity index (χ3v) is 4.07. The van der Waals surface area contributed by atoms with Crippen LogP contribution < -0.4 is 10.6 Å². The Bertz CT molecular complexity index is 455. The molecule has 1 aromatic rings. The summed E-state index contributed by atoms with van der Waals surface area (Å²) >= 11 is 0. The number of carbonyl (C=O) groups is 1. The molecule has 1 aliphatic carbocycles. The minimum atomic E-state index is -0.472. The Hall–Kier alpha value is -1.55. The van der Waals surface area contributed by atoms with Gasteiger partial charge in [-0.2, -0.15) is 0 Å². The number of urea groups is 1. The number of aliphatic hydroxyl groups is 1. The van der Waals surface area contributed by atoms with Crippen LogP contribution >= 0.6 is 0 Å². The molecule has 4 nitrogen and oxygen atoms in total. The highest BCUT2D eigenvalue weighted by atomic mass is 16.3. The first-order chi connectivity index (χ1) is 10.0. The van der Waals surface area contributed by atoms with Crippen molar-refractivity contribution in [1.82, 2.24) is 10.6 Å². The minimum Gasteiger partial charge on any atom is -0.391 e. The minimum absolute atomic E-state index is 0.120. The SMILES string of the molecule is CC(C)CC(O)CNC(=O)NCC1(c2ccccc2)CC1. The summed E-state index contributed by atoms with van der Waals surface area (Å²) in [4.78, 5) is 11.8. The van der Waals surface area contributed by atoms with Crippen LogP contribution in [0.5, 0.6) is 0 Å². The van der Waals surface area contributed by atoms with E-state index in [1.54, 1.807) is 0 Å². The van der Waals surface area contributed by atoms with Crippen LogP contribution in [-0.4, -0.2) is 30.3 Å². The zero-order valence-corrected chi connectivity index (χ0v) is 12.9. The van der Waals surface area contributed by atoms with Gasteiger partial charge in [0.2, 0.25) is 0 Å². The highest BCUT2D eigenvalue weighted by Gasteiger charge is 2.44. The van der Waals surface area contributed by atoms with Crippen molar-refractivity contribution >= 4 is 6.03 Å². The molecular formula is C17H26N2O2. The number of hydrogen-bond acceptors (Lipinski definition) is 2. The van der Waals surface area contributed by atoms with E-state index in [9.17, 15) is 9.90 Å². The van der Waals surface area contributed by atoms with Crippen molar-refractivity contribution < 1.29 is 9.90 Å². The fraction of sp³-hybridized carbons (Fsp3) is 0.588. The fourth-order valence-corrected chi connectivity index (χ4v) is 2.66. The normalized spacial score (nSPS) is 17.3. The maximum Gasteiger partial charge on any atom is 0.314 e. The van der Waals surface area contributed by atoms with Crippen LogP contribution in [-0.2, 0) is 5.41 Å². The monoisotopic (exact) mass is 290 g/mol. The number of nitrogens with one attached hydrogen (secondary N) is 2. The van der Waals surface area contributed by atoms with Gasteiger partial charge in [0.1, 0.15) is 0 Å². The second kappa shape index (κ2) is 6.94. The molecule has 0 radical (unpaired) electrons. The van der Waals surface area contributed by atoms with Crippen LogP contribution in [0.4, 0.5) is 4.79 Å². The molecule has 0 aromatic heterocycles. The van der Waals surface area contributed by atoms with Crippen molar-refractivity contribution in [3.05, 3.63) is 35.9 Å². The first-order valence-electron chi connectivity index (χ1n) is 7.77. The van der Waals surface area contributed by atoms with Crippen molar-refractivity contribution in [2.75, 3.05) is 13.1 Å². The third kappa shape index (κ3) is 4.74. The molecule has 1 saturated carbocycles. The number of carbonyl (C=O) groups excluding carboxylic acids is 1. The Morgan fingerprint density at radius 2 is 1.90 bits per heavy atom. The molecular weight excluding hydrogens is 264 g/mol. The summed E-state index contributed by atoms with van der Waals surface area (Å²) in [5.41, 5.74) is 1.42. The lowest BCUT2D eigenvalue weighted by Gasteiger charge is -2.18. The first-order valence-corrected chi connectivity index (χ1v) is 7.77. The highest BCUT2D eigenvalue weighted by molar-refractivity contribution is 5.74. The lowest BCUT2D eigenvalue weighted by atomic mass is 9.96. The van der Waals surface area contributed by atoms with E-state index in [2.05, 4.69) is 36.6 Å². The van der Waals surface area contributed by atoms with Gasteiger partial charge in [0.25, 0.3) is 0 Å². The van der Waals surface area contributed by atoms with E-state index in [4.69, 9.17) is 0 Å². The molecule has 1 aliphatic rings. The van der Waals surface area contributed by atoms with Crippen LogP contribution in [0.1, 0.15) is 38.7 Å². The summed E-state index contributed by atoms with van der Waals surface area (Å²) in [6, 6.07) is 10.1. The smallest absolute Gasteiger partial charge is 0.314 e. The Morgan fingerprint density at radius 1 is 1.24 bits per heavy atom. The molecule has 0 saturated heterocycles. The molecule has 0 bridgehead atoms.